The highest BCUT2D eigenvalue weighted by molar-refractivity contribution is 6.36. The molecule has 1 aliphatic carbocycles. The molecule has 10 heteroatoms. The monoisotopic (exact) mass is 492 g/mol. The van der Waals surface area contributed by atoms with E-state index < -0.39 is 29.2 Å². The highest BCUT2D eigenvalue weighted by Gasteiger charge is 2.43. The molecular formula is C24H20ClF3N2O4. The molecule has 4 rings (SSSR count). The Kier molecular flexibility index (Phi) is 6.40. The van der Waals surface area contributed by atoms with Gasteiger partial charge in [-0.1, -0.05) is 48.7 Å². The van der Waals surface area contributed by atoms with Gasteiger partial charge in [0.05, 0.1) is 11.1 Å². The number of amides is 1. The Morgan fingerprint density at radius 1 is 1.12 bits per heavy atom. The molecule has 1 saturated carbocycles. The van der Waals surface area contributed by atoms with Gasteiger partial charge in [-0.2, -0.15) is 13.2 Å². The molecule has 1 heterocycles. The van der Waals surface area contributed by atoms with Crippen molar-refractivity contribution in [2.75, 3.05) is 0 Å². The molecule has 0 atom stereocenters. The highest BCUT2D eigenvalue weighted by atomic mass is 35.5. The van der Waals surface area contributed by atoms with Crippen LogP contribution in [-0.2, 0) is 17.6 Å². The van der Waals surface area contributed by atoms with E-state index in [1.807, 2.05) is 0 Å². The number of benzene rings is 2. The summed E-state index contributed by atoms with van der Waals surface area (Å²) < 4.78 is 45.0. The maximum atomic E-state index is 13.2. The smallest absolute Gasteiger partial charge is 0.417 e. The number of aliphatic carboxylic acids is 1. The van der Waals surface area contributed by atoms with Gasteiger partial charge in [0.1, 0.15) is 17.9 Å². The van der Waals surface area contributed by atoms with E-state index in [2.05, 4.69) is 10.3 Å². The molecule has 178 valence electrons. The van der Waals surface area contributed by atoms with Crippen molar-refractivity contribution in [2.45, 2.75) is 44.0 Å². The molecule has 2 N–H and O–H groups in total. The fraction of sp³-hybridized carbons (Fsp3) is 0.292. The molecule has 1 aliphatic rings. The number of nitrogens with one attached hydrogen (secondary N) is 1. The van der Waals surface area contributed by atoms with E-state index in [1.54, 1.807) is 24.3 Å². The molecule has 2 aromatic carbocycles. The predicted octanol–water partition coefficient (Wildman–Crippen LogP) is 5.61. The van der Waals surface area contributed by atoms with Crippen molar-refractivity contribution in [1.29, 1.82) is 0 Å². The van der Waals surface area contributed by atoms with E-state index in [0.717, 1.165) is 6.07 Å². The molecule has 34 heavy (non-hydrogen) atoms. The van der Waals surface area contributed by atoms with Crippen LogP contribution in [0.3, 0.4) is 0 Å². The predicted molar refractivity (Wildman–Crippen MR) is 119 cm³/mol. The standard InChI is InChI=1S/C24H20ClF3N2O4/c25-19-10-18(21(31)30-23(22(32)33)7-3-4-8-23)20(17-6-2-1-5-16(17)19)34-13-14-9-15(12-29-11-14)24(26,27)28/h1-2,5-6,9-12H,3-4,7-8,13H2,(H,30,31)(H,32,33). The maximum Gasteiger partial charge on any atom is 0.417 e. The molecule has 0 bridgehead atoms. The summed E-state index contributed by atoms with van der Waals surface area (Å²) in [5.41, 5.74) is -2.16. The lowest BCUT2D eigenvalue weighted by Crippen LogP contribution is -2.52. The Hall–Kier alpha value is -3.33. The molecule has 0 unspecified atom stereocenters. The summed E-state index contributed by atoms with van der Waals surface area (Å²) in [6.07, 6.45) is -0.692. The summed E-state index contributed by atoms with van der Waals surface area (Å²) in [6.45, 7) is -0.299. The van der Waals surface area contributed by atoms with Gasteiger partial charge < -0.3 is 15.2 Å². The van der Waals surface area contributed by atoms with Gasteiger partial charge in [-0.15, -0.1) is 0 Å². The molecule has 0 aliphatic heterocycles. The summed E-state index contributed by atoms with van der Waals surface area (Å²) in [5, 5.41) is 13.7. The number of pyridine rings is 1. The number of halogens is 4. The van der Waals surface area contributed by atoms with Crippen molar-refractivity contribution < 1.29 is 32.6 Å². The van der Waals surface area contributed by atoms with Crippen molar-refractivity contribution in [1.82, 2.24) is 10.3 Å². The highest BCUT2D eigenvalue weighted by Crippen LogP contribution is 2.37. The average molecular weight is 493 g/mol. The summed E-state index contributed by atoms with van der Waals surface area (Å²) in [5.74, 6) is -1.72. The van der Waals surface area contributed by atoms with Crippen LogP contribution in [0.15, 0.2) is 48.8 Å². The average Bonchev–Trinajstić information content (AvgIpc) is 3.28. The second-order valence-electron chi connectivity index (χ2n) is 8.20. The molecule has 0 saturated heterocycles. The summed E-state index contributed by atoms with van der Waals surface area (Å²) in [4.78, 5) is 28.8. The van der Waals surface area contributed by atoms with Crippen molar-refractivity contribution in [2.24, 2.45) is 0 Å². The van der Waals surface area contributed by atoms with Crippen LogP contribution in [0.1, 0.15) is 47.2 Å². The van der Waals surface area contributed by atoms with Crippen LogP contribution in [-0.4, -0.2) is 27.5 Å². The van der Waals surface area contributed by atoms with Crippen molar-refractivity contribution in [3.05, 3.63) is 70.5 Å². The SMILES string of the molecule is O=C(NC1(C(=O)O)CCCC1)c1cc(Cl)c2ccccc2c1OCc1cncc(C(F)(F)F)c1. The van der Waals surface area contributed by atoms with Crippen LogP contribution in [0, 0.1) is 0 Å². The Morgan fingerprint density at radius 3 is 2.44 bits per heavy atom. The van der Waals surface area contributed by atoms with Gasteiger partial charge in [0, 0.05) is 33.8 Å². The quantitative estimate of drug-likeness (QED) is 0.466. The zero-order valence-electron chi connectivity index (χ0n) is 17.8. The number of fused-ring (bicyclic) bond motifs is 1. The van der Waals surface area contributed by atoms with Crippen LogP contribution in [0.25, 0.3) is 10.8 Å². The minimum Gasteiger partial charge on any atom is -0.487 e. The van der Waals surface area contributed by atoms with Gasteiger partial charge in [-0.25, -0.2) is 4.79 Å². The number of carboxylic acid groups (broad SMARTS) is 1. The number of ether oxygens (including phenoxy) is 1. The minimum absolute atomic E-state index is 0.00356. The number of carboxylic acids is 1. The molecule has 1 amide bonds. The van der Waals surface area contributed by atoms with E-state index in [1.165, 1.54) is 12.3 Å². The first kappa shape index (κ1) is 23.8. The summed E-state index contributed by atoms with van der Waals surface area (Å²) >= 11 is 6.39. The Balaban J connectivity index is 1.72. The van der Waals surface area contributed by atoms with E-state index in [-0.39, 0.29) is 28.5 Å². The topological polar surface area (TPSA) is 88.5 Å². The number of nitrogens with zero attached hydrogens (tertiary/aromatic N) is 1. The number of aromatic nitrogens is 1. The van der Waals surface area contributed by atoms with Gasteiger partial charge in [0.15, 0.2) is 0 Å². The molecule has 3 aromatic rings. The number of hydrogen-bond donors (Lipinski definition) is 2. The van der Waals surface area contributed by atoms with E-state index in [0.29, 0.717) is 42.7 Å². The van der Waals surface area contributed by atoms with Gasteiger partial charge in [-0.05, 0) is 25.0 Å². The third-order valence-corrected chi connectivity index (χ3v) is 6.23. The number of carbonyl (C=O) groups is 2. The van der Waals surface area contributed by atoms with Gasteiger partial charge in [-0.3, -0.25) is 9.78 Å². The maximum absolute atomic E-state index is 13.2. The Morgan fingerprint density at radius 2 is 1.79 bits per heavy atom. The van der Waals surface area contributed by atoms with E-state index in [4.69, 9.17) is 16.3 Å². The third-order valence-electron chi connectivity index (χ3n) is 5.91. The summed E-state index contributed by atoms with van der Waals surface area (Å²) in [7, 11) is 0. The van der Waals surface area contributed by atoms with Crippen LogP contribution < -0.4 is 10.1 Å². The van der Waals surface area contributed by atoms with Crippen LogP contribution in [0.4, 0.5) is 13.2 Å². The molecule has 6 nitrogen and oxygen atoms in total. The number of alkyl halides is 3. The van der Waals surface area contributed by atoms with Crippen molar-refractivity contribution in [3.63, 3.8) is 0 Å². The lowest BCUT2D eigenvalue weighted by atomic mass is 9.96. The lowest BCUT2D eigenvalue weighted by molar-refractivity contribution is -0.144. The zero-order chi connectivity index (χ0) is 24.5. The number of rotatable bonds is 6. The molecule has 1 aromatic heterocycles. The largest absolute Gasteiger partial charge is 0.487 e. The number of hydrogen-bond acceptors (Lipinski definition) is 4. The fourth-order valence-electron chi connectivity index (χ4n) is 4.16. The van der Waals surface area contributed by atoms with Gasteiger partial charge >= 0.3 is 12.1 Å². The third kappa shape index (κ3) is 4.65. The van der Waals surface area contributed by atoms with Crippen LogP contribution in [0.5, 0.6) is 5.75 Å². The molecular weight excluding hydrogens is 473 g/mol. The fourth-order valence-corrected chi connectivity index (χ4v) is 4.44. The van der Waals surface area contributed by atoms with E-state index in [9.17, 15) is 27.9 Å². The van der Waals surface area contributed by atoms with Crippen molar-refractivity contribution >= 4 is 34.2 Å². The van der Waals surface area contributed by atoms with Crippen LogP contribution in [0.2, 0.25) is 5.02 Å². The van der Waals surface area contributed by atoms with E-state index >= 15 is 0 Å². The summed E-state index contributed by atoms with van der Waals surface area (Å²) in [6, 6.07) is 9.13. The number of carbonyl (C=O) groups excluding carboxylic acids is 1. The second kappa shape index (κ2) is 9.13. The zero-order valence-corrected chi connectivity index (χ0v) is 18.5. The minimum atomic E-state index is -4.56. The Labute approximate surface area is 197 Å². The molecule has 0 spiro atoms. The lowest BCUT2D eigenvalue weighted by Gasteiger charge is -2.26. The van der Waals surface area contributed by atoms with Gasteiger partial charge in [0.25, 0.3) is 5.91 Å². The second-order valence-corrected chi connectivity index (χ2v) is 8.60. The molecule has 0 radical (unpaired) electrons. The first-order valence-electron chi connectivity index (χ1n) is 10.5. The van der Waals surface area contributed by atoms with Crippen LogP contribution >= 0.6 is 11.6 Å². The Bertz CT molecular complexity index is 1260. The normalized spacial score (nSPS) is 15.3. The first-order chi connectivity index (χ1) is 16.1. The van der Waals surface area contributed by atoms with Gasteiger partial charge in [0.2, 0.25) is 0 Å². The molecule has 1 fully saturated rings. The van der Waals surface area contributed by atoms with Crippen molar-refractivity contribution in [3.8, 4) is 5.75 Å². The first-order valence-corrected chi connectivity index (χ1v) is 10.9.